The minimum atomic E-state index is -0.0342. The molecular formula is C37H25N3. The minimum absolute atomic E-state index is 0.0342. The van der Waals surface area contributed by atoms with Crippen molar-refractivity contribution in [3.05, 3.63) is 127 Å². The second-order valence-electron chi connectivity index (χ2n) is 11.5. The average molecular weight is 512 g/mol. The van der Waals surface area contributed by atoms with Crippen LogP contribution in [0.2, 0.25) is 0 Å². The van der Waals surface area contributed by atoms with Crippen LogP contribution in [0.4, 0.5) is 0 Å². The van der Waals surface area contributed by atoms with Crippen LogP contribution < -0.4 is 0 Å². The van der Waals surface area contributed by atoms with Gasteiger partial charge in [-0.25, -0.2) is 4.98 Å². The summed E-state index contributed by atoms with van der Waals surface area (Å²) in [5.74, 6) is 0. The highest BCUT2D eigenvalue weighted by molar-refractivity contribution is 6.23. The molecule has 3 heterocycles. The van der Waals surface area contributed by atoms with Crippen LogP contribution in [-0.4, -0.2) is 14.4 Å². The molecule has 0 fully saturated rings. The summed E-state index contributed by atoms with van der Waals surface area (Å²) in [4.78, 5) is 9.97. The van der Waals surface area contributed by atoms with Crippen molar-refractivity contribution in [2.45, 2.75) is 19.3 Å². The van der Waals surface area contributed by atoms with Crippen molar-refractivity contribution in [2.24, 2.45) is 0 Å². The summed E-state index contributed by atoms with van der Waals surface area (Å²) in [6.45, 7) is 4.68. The standard InChI is InChI=1S/C37H25N3/c1-37(2)29-10-4-3-9-25(29)26-16-14-24(21-30(26)37)23-15-18-32-28(20-23)34-27(17-13-22-8-7-19-38-35(22)34)36-39-31-11-5-6-12-33(31)40(32)36/h3-21H,1-2H3. The molecule has 0 aliphatic heterocycles. The second kappa shape index (κ2) is 7.55. The van der Waals surface area contributed by atoms with Crippen molar-refractivity contribution in [1.29, 1.82) is 0 Å². The molecular weight excluding hydrogens is 486 g/mol. The Bertz CT molecular complexity index is 2360. The summed E-state index contributed by atoms with van der Waals surface area (Å²) in [6, 6.07) is 39.6. The number of pyridine rings is 2. The van der Waals surface area contributed by atoms with E-state index in [2.05, 4.69) is 121 Å². The summed E-state index contributed by atoms with van der Waals surface area (Å²) in [5.41, 5.74) is 13.2. The van der Waals surface area contributed by atoms with Gasteiger partial charge in [-0.2, -0.15) is 0 Å². The quantitative estimate of drug-likeness (QED) is 0.206. The van der Waals surface area contributed by atoms with E-state index in [0.717, 1.165) is 43.9 Å². The molecule has 0 spiro atoms. The van der Waals surface area contributed by atoms with Crippen LogP contribution in [0.15, 0.2) is 115 Å². The van der Waals surface area contributed by atoms with Gasteiger partial charge in [-0.05, 0) is 75.8 Å². The van der Waals surface area contributed by atoms with Crippen molar-refractivity contribution in [3.8, 4) is 22.3 Å². The van der Waals surface area contributed by atoms with Crippen molar-refractivity contribution < 1.29 is 0 Å². The van der Waals surface area contributed by atoms with Gasteiger partial charge in [0.05, 0.1) is 22.1 Å². The summed E-state index contributed by atoms with van der Waals surface area (Å²) in [7, 11) is 0. The fraction of sp³-hybridized carbons (Fsp3) is 0.0811. The lowest BCUT2D eigenvalue weighted by atomic mass is 9.81. The molecule has 0 saturated heterocycles. The van der Waals surface area contributed by atoms with Gasteiger partial charge < -0.3 is 0 Å². The van der Waals surface area contributed by atoms with Crippen LogP contribution in [0.1, 0.15) is 25.0 Å². The number of nitrogens with zero attached hydrogens (tertiary/aromatic N) is 3. The van der Waals surface area contributed by atoms with Crippen LogP contribution in [0.5, 0.6) is 0 Å². The molecule has 0 unspecified atom stereocenters. The zero-order valence-electron chi connectivity index (χ0n) is 22.3. The van der Waals surface area contributed by atoms with E-state index in [0.29, 0.717) is 0 Å². The minimum Gasteiger partial charge on any atom is -0.292 e. The zero-order chi connectivity index (χ0) is 26.6. The summed E-state index contributed by atoms with van der Waals surface area (Å²) in [6.07, 6.45) is 1.89. The molecule has 1 aliphatic carbocycles. The van der Waals surface area contributed by atoms with Crippen molar-refractivity contribution in [2.75, 3.05) is 0 Å². The first-order valence-corrected chi connectivity index (χ1v) is 13.8. The molecule has 3 nitrogen and oxygen atoms in total. The summed E-state index contributed by atoms with van der Waals surface area (Å²) in [5, 5.41) is 4.61. The van der Waals surface area contributed by atoms with Gasteiger partial charge in [-0.15, -0.1) is 0 Å². The Hall–Kier alpha value is -5.02. The van der Waals surface area contributed by atoms with Crippen LogP contribution in [0, 0.1) is 0 Å². The molecule has 1 aliphatic rings. The van der Waals surface area contributed by atoms with Crippen molar-refractivity contribution in [1.82, 2.24) is 14.4 Å². The maximum absolute atomic E-state index is 5.09. The average Bonchev–Trinajstić information content (AvgIpc) is 3.50. The first-order valence-electron chi connectivity index (χ1n) is 13.8. The highest BCUT2D eigenvalue weighted by Gasteiger charge is 2.35. The molecule has 188 valence electrons. The number of hydrogen-bond donors (Lipinski definition) is 0. The lowest BCUT2D eigenvalue weighted by molar-refractivity contribution is 0.660. The summed E-state index contributed by atoms with van der Waals surface area (Å²) >= 11 is 0. The van der Waals surface area contributed by atoms with Crippen LogP contribution in [-0.2, 0) is 5.41 Å². The van der Waals surface area contributed by atoms with Crippen LogP contribution in [0.25, 0.3) is 71.5 Å². The molecule has 3 heteroatoms. The number of para-hydroxylation sites is 2. The molecule has 40 heavy (non-hydrogen) atoms. The monoisotopic (exact) mass is 511 g/mol. The van der Waals surface area contributed by atoms with Crippen molar-refractivity contribution >= 4 is 49.3 Å². The fourth-order valence-electron chi connectivity index (χ4n) is 7.05. The van der Waals surface area contributed by atoms with E-state index >= 15 is 0 Å². The van der Waals surface area contributed by atoms with Gasteiger partial charge in [-0.1, -0.05) is 80.6 Å². The third-order valence-electron chi connectivity index (χ3n) is 9.00. The van der Waals surface area contributed by atoms with Gasteiger partial charge in [0.15, 0.2) is 0 Å². The Morgan fingerprint density at radius 3 is 2.38 bits per heavy atom. The van der Waals surface area contributed by atoms with Gasteiger partial charge in [0, 0.05) is 33.2 Å². The van der Waals surface area contributed by atoms with Gasteiger partial charge >= 0.3 is 0 Å². The third kappa shape index (κ3) is 2.74. The van der Waals surface area contributed by atoms with Gasteiger partial charge in [-0.3, -0.25) is 9.38 Å². The smallest absolute Gasteiger partial charge is 0.146 e. The van der Waals surface area contributed by atoms with Gasteiger partial charge in [0.1, 0.15) is 5.65 Å². The zero-order valence-corrected chi connectivity index (χ0v) is 22.3. The first-order chi connectivity index (χ1) is 19.6. The van der Waals surface area contributed by atoms with E-state index < -0.39 is 0 Å². The number of aromatic nitrogens is 3. The molecule has 0 atom stereocenters. The highest BCUT2D eigenvalue weighted by Crippen LogP contribution is 2.49. The Morgan fingerprint density at radius 2 is 1.43 bits per heavy atom. The Kier molecular flexibility index (Phi) is 4.13. The largest absolute Gasteiger partial charge is 0.292 e. The van der Waals surface area contributed by atoms with E-state index in [1.165, 1.54) is 38.8 Å². The number of rotatable bonds is 1. The number of hydrogen-bond acceptors (Lipinski definition) is 2. The Balaban J connectivity index is 1.38. The third-order valence-corrected chi connectivity index (χ3v) is 9.00. The second-order valence-corrected chi connectivity index (χ2v) is 11.5. The van der Waals surface area contributed by atoms with Crippen LogP contribution >= 0.6 is 0 Å². The van der Waals surface area contributed by atoms with E-state index in [1.807, 2.05) is 12.3 Å². The molecule has 5 aromatic carbocycles. The Labute approximate surface area is 231 Å². The predicted molar refractivity (Wildman–Crippen MR) is 166 cm³/mol. The van der Waals surface area contributed by atoms with Crippen molar-refractivity contribution in [3.63, 3.8) is 0 Å². The molecule has 0 N–H and O–H groups in total. The fourth-order valence-corrected chi connectivity index (χ4v) is 7.05. The van der Waals surface area contributed by atoms with E-state index in [9.17, 15) is 0 Å². The van der Waals surface area contributed by atoms with E-state index in [1.54, 1.807) is 0 Å². The topological polar surface area (TPSA) is 30.2 Å². The number of fused-ring (bicyclic) bond motifs is 13. The lowest BCUT2D eigenvalue weighted by Crippen LogP contribution is -2.14. The molecule has 0 radical (unpaired) electrons. The molecule has 9 rings (SSSR count). The Morgan fingerprint density at radius 1 is 0.625 bits per heavy atom. The van der Waals surface area contributed by atoms with Gasteiger partial charge in [0.25, 0.3) is 0 Å². The van der Waals surface area contributed by atoms with Gasteiger partial charge in [0.2, 0.25) is 0 Å². The highest BCUT2D eigenvalue weighted by atomic mass is 15.0. The number of benzene rings is 5. The first kappa shape index (κ1) is 21.9. The predicted octanol–water partition coefficient (Wildman–Crippen LogP) is 9.32. The SMILES string of the molecule is CC1(C)c2ccccc2-c2ccc(-c3ccc4c(c3)c3c(ccc5cccnc53)c3nc5ccccc5n43)cc21. The van der Waals surface area contributed by atoms with E-state index in [4.69, 9.17) is 9.97 Å². The van der Waals surface area contributed by atoms with E-state index in [-0.39, 0.29) is 5.41 Å². The maximum Gasteiger partial charge on any atom is 0.146 e. The summed E-state index contributed by atoms with van der Waals surface area (Å²) < 4.78 is 2.31. The molecule has 0 bridgehead atoms. The maximum atomic E-state index is 5.09. The van der Waals surface area contributed by atoms with Crippen LogP contribution in [0.3, 0.4) is 0 Å². The molecule has 8 aromatic rings. The molecule has 0 saturated carbocycles. The molecule has 0 amide bonds. The lowest BCUT2D eigenvalue weighted by Gasteiger charge is -2.22. The molecule has 3 aromatic heterocycles. The number of imidazole rings is 1. The normalized spacial score (nSPS) is 13.9.